The third-order valence-corrected chi connectivity index (χ3v) is 13.3. The Morgan fingerprint density at radius 1 is 0.736 bits per heavy atom. The number of aromatic nitrogens is 2. The van der Waals surface area contributed by atoms with Crippen LogP contribution in [0.1, 0.15) is 58.3 Å². The van der Waals surface area contributed by atoms with Crippen LogP contribution < -0.4 is 15.4 Å². The molecule has 0 aliphatic carbocycles. The van der Waals surface area contributed by atoms with Gasteiger partial charge in [-0.25, -0.2) is 14.8 Å². The first kappa shape index (κ1) is 53.3. The van der Waals surface area contributed by atoms with Crippen molar-refractivity contribution in [2.75, 3.05) is 63.6 Å². The van der Waals surface area contributed by atoms with Crippen molar-refractivity contribution in [2.24, 2.45) is 0 Å². The number of halogens is 1. The van der Waals surface area contributed by atoms with Gasteiger partial charge in [0.25, 0.3) is 0 Å². The number of hydrogen-bond acceptors (Lipinski definition) is 14. The highest BCUT2D eigenvalue weighted by Gasteiger charge is 2.32. The summed E-state index contributed by atoms with van der Waals surface area (Å²) >= 11 is 9.16. The standard InChI is InChI=1S/C27H28N4O4S.C23H25ClN4O5S.C2H6/c1-34-22-7-4-19(5-8-22)13-30-14-21-11-20(12-28-27(21)29-25(32)17-30)6-9-26(33)31-15-23(16-31)35-18-24-3-2-10-36-24;1-15(24)13-33-23(31)28-9-17-7-16(8-25-22(17)26-20(29)12-28)4-5-21(30)27-10-18(11-27)32-14-19-3-2-6-34-19;1-2/h2-12,23H,13-18H2,1H3,(H,28,29,32);2-8,15,18H,9-14H2,1H3,(H,25,26,29);1-2H3/b9-6+;5-4+;. The van der Waals surface area contributed by atoms with Gasteiger partial charge in [-0.1, -0.05) is 38.1 Å². The minimum absolute atomic E-state index is 0.0460. The molecule has 1 unspecified atom stereocenters. The molecule has 0 radical (unpaired) electrons. The van der Waals surface area contributed by atoms with Crippen molar-refractivity contribution in [1.82, 2.24) is 29.6 Å². The van der Waals surface area contributed by atoms with Gasteiger partial charge in [0.05, 0.1) is 51.0 Å². The Morgan fingerprint density at radius 2 is 1.25 bits per heavy atom. The lowest BCUT2D eigenvalue weighted by molar-refractivity contribution is -0.140. The van der Waals surface area contributed by atoms with Gasteiger partial charge in [-0.2, -0.15) is 0 Å². The van der Waals surface area contributed by atoms with Crippen LogP contribution >= 0.6 is 34.3 Å². The Morgan fingerprint density at radius 3 is 1.74 bits per heavy atom. The average Bonchev–Trinajstić information content (AvgIpc) is 4.02. The Balaban J connectivity index is 0.000000205. The molecule has 8 heterocycles. The van der Waals surface area contributed by atoms with Gasteiger partial charge >= 0.3 is 6.09 Å². The molecule has 0 spiro atoms. The molecule has 0 saturated carbocycles. The smallest absolute Gasteiger partial charge is 0.410 e. The van der Waals surface area contributed by atoms with Crippen molar-refractivity contribution in [3.8, 4) is 5.75 Å². The molecule has 1 atom stereocenters. The van der Waals surface area contributed by atoms with E-state index in [1.165, 1.54) is 15.9 Å². The number of anilines is 2. The summed E-state index contributed by atoms with van der Waals surface area (Å²) in [5.74, 6) is 1.12. The van der Waals surface area contributed by atoms with Crippen LogP contribution in [0.4, 0.5) is 16.4 Å². The van der Waals surface area contributed by atoms with E-state index in [4.69, 9.17) is 30.5 Å². The Labute approximate surface area is 432 Å². The van der Waals surface area contributed by atoms with Gasteiger partial charge in [-0.3, -0.25) is 29.0 Å². The van der Waals surface area contributed by atoms with E-state index >= 15 is 0 Å². The van der Waals surface area contributed by atoms with Crippen LogP contribution in [0.2, 0.25) is 0 Å². The lowest BCUT2D eigenvalue weighted by Gasteiger charge is -2.38. The number of rotatable bonds is 15. The number of pyridine rings is 2. The number of fused-ring (bicyclic) bond motifs is 2. The number of amides is 5. The second-order valence-electron chi connectivity index (χ2n) is 17.0. The van der Waals surface area contributed by atoms with E-state index in [1.54, 1.807) is 83.2 Å². The zero-order valence-corrected chi connectivity index (χ0v) is 43.1. The molecular weight excluding hydrogens is 980 g/mol. The summed E-state index contributed by atoms with van der Waals surface area (Å²) in [5, 5.41) is 9.29. The van der Waals surface area contributed by atoms with Gasteiger partial charge < -0.3 is 39.4 Å². The number of carbonyl (C=O) groups excluding carboxylic acids is 5. The Hall–Kier alpha value is -6.48. The first-order valence-electron chi connectivity index (χ1n) is 23.6. The maximum Gasteiger partial charge on any atom is 0.410 e. The summed E-state index contributed by atoms with van der Waals surface area (Å²) in [6.45, 7) is 10.7. The molecule has 17 nitrogen and oxygen atoms in total. The maximum absolute atomic E-state index is 12.6. The topological polar surface area (TPSA) is 185 Å². The molecule has 0 bridgehead atoms. The summed E-state index contributed by atoms with van der Waals surface area (Å²) in [7, 11) is 1.64. The van der Waals surface area contributed by atoms with Crippen molar-refractivity contribution in [3.63, 3.8) is 0 Å². The minimum Gasteiger partial charge on any atom is -0.497 e. The van der Waals surface area contributed by atoms with Crippen LogP contribution in [-0.4, -0.2) is 130 Å². The van der Waals surface area contributed by atoms with Gasteiger partial charge in [-0.15, -0.1) is 34.3 Å². The molecule has 9 rings (SSSR count). The second-order valence-corrected chi connectivity index (χ2v) is 19.8. The van der Waals surface area contributed by atoms with Crippen LogP contribution in [0.25, 0.3) is 12.2 Å². The molecule has 5 aromatic rings. The summed E-state index contributed by atoms with van der Waals surface area (Å²) < 4.78 is 22.0. The van der Waals surface area contributed by atoms with E-state index < -0.39 is 6.09 Å². The molecule has 5 amide bonds. The number of thiophene rings is 2. The zero-order chi connectivity index (χ0) is 51.0. The van der Waals surface area contributed by atoms with E-state index in [9.17, 15) is 24.0 Å². The Kier molecular flexibility index (Phi) is 19.5. The van der Waals surface area contributed by atoms with Crippen LogP contribution in [-0.2, 0) is 66.2 Å². The molecule has 2 N–H and O–H groups in total. The maximum atomic E-state index is 12.6. The van der Waals surface area contributed by atoms with E-state index in [0.717, 1.165) is 27.3 Å². The number of likely N-dealkylation sites (tertiary alicyclic amines) is 2. The normalized spacial score (nSPS) is 16.3. The van der Waals surface area contributed by atoms with E-state index in [2.05, 4.69) is 25.5 Å². The fraction of sp³-hybridized carbons (Fsp3) is 0.365. The van der Waals surface area contributed by atoms with Gasteiger partial charge in [0.15, 0.2) is 0 Å². The number of nitrogens with zero attached hydrogens (tertiary/aromatic N) is 6. The number of benzene rings is 1. The number of alkyl halides is 1. The van der Waals surface area contributed by atoms with Crippen LogP contribution in [0.3, 0.4) is 0 Å². The summed E-state index contributed by atoms with van der Waals surface area (Å²) in [4.78, 5) is 79.8. The van der Waals surface area contributed by atoms with Crippen LogP contribution in [0.15, 0.2) is 96.0 Å². The molecule has 4 aliphatic heterocycles. The fourth-order valence-corrected chi connectivity index (χ4v) is 8.99. The van der Waals surface area contributed by atoms with Gasteiger partial charge in [0.2, 0.25) is 23.6 Å². The van der Waals surface area contributed by atoms with E-state index in [0.29, 0.717) is 75.2 Å². The lowest BCUT2D eigenvalue weighted by atomic mass is 10.1. The van der Waals surface area contributed by atoms with Gasteiger partial charge in [0.1, 0.15) is 30.5 Å². The monoisotopic (exact) mass is 1040 g/mol. The highest BCUT2D eigenvalue weighted by Crippen LogP contribution is 2.25. The third kappa shape index (κ3) is 15.5. The molecule has 2 saturated heterocycles. The lowest BCUT2D eigenvalue weighted by Crippen LogP contribution is -2.54. The molecule has 2 fully saturated rings. The second kappa shape index (κ2) is 26.3. The fourth-order valence-electron chi connectivity index (χ4n) is 7.67. The van der Waals surface area contributed by atoms with Gasteiger partial charge in [0, 0.05) is 84.7 Å². The molecule has 4 aromatic heterocycles. The van der Waals surface area contributed by atoms with E-state index in [1.807, 2.05) is 79.2 Å². The first-order chi connectivity index (χ1) is 34.9. The van der Waals surface area contributed by atoms with Gasteiger partial charge in [-0.05, 0) is 82.9 Å². The van der Waals surface area contributed by atoms with Crippen LogP contribution in [0.5, 0.6) is 5.75 Å². The van der Waals surface area contributed by atoms with Crippen LogP contribution in [0, 0.1) is 0 Å². The average molecular weight is 1040 g/mol. The highest BCUT2D eigenvalue weighted by atomic mass is 35.5. The summed E-state index contributed by atoms with van der Waals surface area (Å²) in [5.41, 5.74) is 4.14. The predicted octanol–water partition coefficient (Wildman–Crippen LogP) is 7.67. The van der Waals surface area contributed by atoms with E-state index in [-0.39, 0.29) is 67.5 Å². The number of hydrogen-bond donors (Lipinski definition) is 2. The first-order valence-corrected chi connectivity index (χ1v) is 25.8. The molecule has 4 aliphatic rings. The highest BCUT2D eigenvalue weighted by molar-refractivity contribution is 7.10. The van der Waals surface area contributed by atoms with Crippen molar-refractivity contribution in [2.45, 2.75) is 71.2 Å². The van der Waals surface area contributed by atoms with Crippen molar-refractivity contribution in [3.05, 3.63) is 134 Å². The zero-order valence-electron chi connectivity index (χ0n) is 40.7. The number of nitrogens with one attached hydrogen (secondary N) is 2. The molecular formula is C52H59ClN8O9S2. The molecule has 380 valence electrons. The predicted molar refractivity (Wildman–Crippen MR) is 278 cm³/mol. The van der Waals surface area contributed by atoms with Crippen molar-refractivity contribution < 1.29 is 42.9 Å². The molecule has 1 aromatic carbocycles. The van der Waals surface area contributed by atoms with Crippen molar-refractivity contribution in [1.29, 1.82) is 0 Å². The SMILES string of the molecule is CC.CC(Cl)COC(=O)N1CC(=O)Nc2ncc(/C=C/C(=O)N3CC(OCc4cccs4)C3)cc2C1.COc1ccc(CN2CC(=O)Nc3ncc(/C=C/C(=O)N4CC(OCc5cccs5)C4)cc3C2)cc1. The molecule has 72 heavy (non-hydrogen) atoms. The third-order valence-electron chi connectivity index (χ3n) is 11.4. The minimum atomic E-state index is -0.625. The molecule has 20 heteroatoms. The summed E-state index contributed by atoms with van der Waals surface area (Å²) in [6.07, 6.45) is 9.24. The Bertz CT molecular complexity index is 2670. The quantitative estimate of drug-likeness (QED) is 0.0772. The largest absolute Gasteiger partial charge is 0.497 e. The summed E-state index contributed by atoms with van der Waals surface area (Å²) in [6, 6.07) is 19.7. The number of methoxy groups -OCH3 is 1. The number of carbonyl (C=O) groups is 5. The van der Waals surface area contributed by atoms with Crippen molar-refractivity contribution >= 4 is 87.8 Å². The number of ether oxygens (including phenoxy) is 4.